The lowest BCUT2D eigenvalue weighted by Gasteiger charge is -2.14. The van der Waals surface area contributed by atoms with Crippen LogP contribution in [0.1, 0.15) is 5.69 Å². The van der Waals surface area contributed by atoms with Crippen molar-refractivity contribution in [1.29, 1.82) is 0 Å². The van der Waals surface area contributed by atoms with Crippen molar-refractivity contribution < 1.29 is 17.9 Å². The van der Waals surface area contributed by atoms with Gasteiger partial charge >= 0.3 is 6.18 Å². The normalized spacial score (nSPS) is 11.2. The predicted octanol–water partition coefficient (Wildman–Crippen LogP) is 4.40. The molecule has 0 atom stereocenters. The van der Waals surface area contributed by atoms with E-state index in [9.17, 15) is 13.2 Å². The van der Waals surface area contributed by atoms with Gasteiger partial charge in [0.15, 0.2) is 6.61 Å². The number of rotatable bonds is 5. The summed E-state index contributed by atoms with van der Waals surface area (Å²) in [5.74, 6) is 0.159. The largest absolute Gasteiger partial charge is 0.482 e. The number of nitrogens with zero attached hydrogens (tertiary/aromatic N) is 1. The third kappa shape index (κ3) is 5.26. The van der Waals surface area contributed by atoms with E-state index in [1.165, 1.54) is 6.07 Å². The number of ether oxygens (including phenoxy) is 1. The molecule has 0 saturated carbocycles. The van der Waals surface area contributed by atoms with Crippen LogP contribution in [0.25, 0.3) is 0 Å². The van der Waals surface area contributed by atoms with Crippen molar-refractivity contribution in [1.82, 2.24) is 4.98 Å². The van der Waals surface area contributed by atoms with Crippen LogP contribution in [0.3, 0.4) is 0 Å². The Labute approximate surface area is 128 Å². The van der Waals surface area contributed by atoms with E-state index in [2.05, 4.69) is 26.2 Å². The number of nitrogens with one attached hydrogen (secondary N) is 1. The van der Waals surface area contributed by atoms with Crippen LogP contribution >= 0.6 is 15.9 Å². The average Bonchev–Trinajstić information content (AvgIpc) is 2.44. The Kier molecular flexibility index (Phi) is 5.06. The van der Waals surface area contributed by atoms with Crippen LogP contribution < -0.4 is 10.1 Å². The SMILES string of the molecule is FC(F)(F)COc1ccccc1NCc1ccc(Br)cn1. The molecule has 0 aliphatic heterocycles. The van der Waals surface area contributed by atoms with Crippen molar-refractivity contribution >= 4 is 21.6 Å². The van der Waals surface area contributed by atoms with Crippen molar-refractivity contribution in [2.45, 2.75) is 12.7 Å². The topological polar surface area (TPSA) is 34.1 Å². The molecule has 0 radical (unpaired) electrons. The van der Waals surface area contributed by atoms with Gasteiger partial charge in [0.05, 0.1) is 17.9 Å². The van der Waals surface area contributed by atoms with Gasteiger partial charge in [-0.2, -0.15) is 13.2 Å². The van der Waals surface area contributed by atoms with Crippen molar-refractivity contribution in [2.75, 3.05) is 11.9 Å². The summed E-state index contributed by atoms with van der Waals surface area (Å²) in [5, 5.41) is 3.02. The fourth-order valence-electron chi connectivity index (χ4n) is 1.59. The molecule has 3 nitrogen and oxygen atoms in total. The fourth-order valence-corrected chi connectivity index (χ4v) is 1.83. The van der Waals surface area contributed by atoms with E-state index < -0.39 is 12.8 Å². The summed E-state index contributed by atoms with van der Waals surface area (Å²) >= 11 is 3.28. The number of para-hydroxylation sites is 2. The first-order chi connectivity index (χ1) is 9.94. The molecule has 7 heteroatoms. The minimum atomic E-state index is -4.36. The molecule has 0 amide bonds. The van der Waals surface area contributed by atoms with Crippen molar-refractivity contribution in [3.63, 3.8) is 0 Å². The molecule has 0 fully saturated rings. The fraction of sp³-hybridized carbons (Fsp3) is 0.214. The Morgan fingerprint density at radius 1 is 1.14 bits per heavy atom. The first kappa shape index (κ1) is 15.6. The van der Waals surface area contributed by atoms with Gasteiger partial charge in [0.1, 0.15) is 5.75 Å². The molecule has 0 aliphatic rings. The number of aromatic nitrogens is 1. The zero-order valence-electron chi connectivity index (χ0n) is 10.8. The monoisotopic (exact) mass is 360 g/mol. The molecule has 21 heavy (non-hydrogen) atoms. The maximum Gasteiger partial charge on any atom is 0.422 e. The van der Waals surface area contributed by atoms with Gasteiger partial charge in [0.2, 0.25) is 0 Å². The minimum absolute atomic E-state index is 0.159. The smallest absolute Gasteiger partial charge is 0.422 e. The summed E-state index contributed by atoms with van der Waals surface area (Å²) in [6, 6.07) is 10.1. The first-order valence-electron chi connectivity index (χ1n) is 6.07. The van der Waals surface area contributed by atoms with Gasteiger partial charge in [-0.15, -0.1) is 0 Å². The van der Waals surface area contributed by atoms with Gasteiger partial charge < -0.3 is 10.1 Å². The highest BCUT2D eigenvalue weighted by molar-refractivity contribution is 9.10. The van der Waals surface area contributed by atoms with E-state index in [0.717, 1.165) is 10.2 Å². The number of hydrogen-bond acceptors (Lipinski definition) is 3. The number of anilines is 1. The Morgan fingerprint density at radius 3 is 2.57 bits per heavy atom. The number of halogens is 4. The number of hydrogen-bond donors (Lipinski definition) is 1. The first-order valence-corrected chi connectivity index (χ1v) is 6.86. The Morgan fingerprint density at radius 2 is 1.90 bits per heavy atom. The van der Waals surface area contributed by atoms with Crippen LogP contribution in [0, 0.1) is 0 Å². The molecular weight excluding hydrogens is 349 g/mol. The van der Waals surface area contributed by atoms with E-state index in [1.807, 2.05) is 12.1 Å². The summed E-state index contributed by atoms with van der Waals surface area (Å²) < 4.78 is 42.3. The van der Waals surface area contributed by atoms with Crippen LogP contribution in [0.2, 0.25) is 0 Å². The predicted molar refractivity (Wildman–Crippen MR) is 77.3 cm³/mol. The number of alkyl halides is 3. The third-order valence-electron chi connectivity index (χ3n) is 2.53. The lowest BCUT2D eigenvalue weighted by atomic mass is 10.2. The number of benzene rings is 1. The Balaban J connectivity index is 2.01. The van der Waals surface area contributed by atoms with Crippen LogP contribution in [0.15, 0.2) is 47.1 Å². The second-order valence-corrected chi connectivity index (χ2v) is 5.14. The van der Waals surface area contributed by atoms with Gasteiger partial charge in [-0.3, -0.25) is 4.98 Å². The van der Waals surface area contributed by atoms with Crippen LogP contribution in [-0.2, 0) is 6.54 Å². The Hall–Kier alpha value is -1.76. The summed E-state index contributed by atoms with van der Waals surface area (Å²) in [4.78, 5) is 4.18. The third-order valence-corrected chi connectivity index (χ3v) is 3.00. The quantitative estimate of drug-likeness (QED) is 0.858. The van der Waals surface area contributed by atoms with Crippen molar-refractivity contribution in [3.05, 3.63) is 52.8 Å². The molecule has 0 bridgehead atoms. The standard InChI is InChI=1S/C14H12BrF3N2O/c15-10-5-6-11(19-7-10)8-20-12-3-1-2-4-13(12)21-9-14(16,17)18/h1-7,20H,8-9H2. The van der Waals surface area contributed by atoms with E-state index in [1.54, 1.807) is 24.4 Å². The van der Waals surface area contributed by atoms with Gasteiger partial charge in [0.25, 0.3) is 0 Å². The van der Waals surface area contributed by atoms with E-state index in [0.29, 0.717) is 12.2 Å². The van der Waals surface area contributed by atoms with Crippen LogP contribution in [0.5, 0.6) is 5.75 Å². The van der Waals surface area contributed by atoms with Crippen molar-refractivity contribution in [2.24, 2.45) is 0 Å². The molecule has 0 unspecified atom stereocenters. The summed E-state index contributed by atoms with van der Waals surface area (Å²) in [6.07, 6.45) is -2.70. The lowest BCUT2D eigenvalue weighted by Crippen LogP contribution is -2.19. The second kappa shape index (κ2) is 6.80. The maximum absolute atomic E-state index is 12.2. The summed E-state index contributed by atoms with van der Waals surface area (Å²) in [5.41, 5.74) is 1.26. The molecule has 1 heterocycles. The van der Waals surface area contributed by atoms with Crippen molar-refractivity contribution in [3.8, 4) is 5.75 Å². The zero-order valence-corrected chi connectivity index (χ0v) is 12.4. The zero-order chi connectivity index (χ0) is 15.3. The minimum Gasteiger partial charge on any atom is -0.482 e. The molecule has 0 aliphatic carbocycles. The van der Waals surface area contributed by atoms with Gasteiger partial charge in [0, 0.05) is 10.7 Å². The van der Waals surface area contributed by atoms with Crippen LogP contribution in [0.4, 0.5) is 18.9 Å². The molecule has 112 valence electrons. The van der Waals surface area contributed by atoms with Crippen LogP contribution in [-0.4, -0.2) is 17.8 Å². The summed E-state index contributed by atoms with van der Waals surface area (Å²) in [6.45, 7) is -0.929. The highest BCUT2D eigenvalue weighted by Crippen LogP contribution is 2.26. The lowest BCUT2D eigenvalue weighted by molar-refractivity contribution is -0.153. The molecule has 2 rings (SSSR count). The van der Waals surface area contributed by atoms with Gasteiger partial charge in [-0.05, 0) is 40.2 Å². The highest BCUT2D eigenvalue weighted by atomic mass is 79.9. The van der Waals surface area contributed by atoms with Gasteiger partial charge in [-0.25, -0.2) is 0 Å². The molecule has 1 N–H and O–H groups in total. The molecule has 1 aromatic carbocycles. The maximum atomic E-state index is 12.2. The molecule has 0 spiro atoms. The highest BCUT2D eigenvalue weighted by Gasteiger charge is 2.28. The average molecular weight is 361 g/mol. The molecule has 1 aromatic heterocycles. The number of pyridine rings is 1. The molecule has 2 aromatic rings. The summed E-state index contributed by atoms with van der Waals surface area (Å²) in [7, 11) is 0. The molecular formula is C14H12BrF3N2O. The molecule has 0 saturated heterocycles. The Bertz CT molecular complexity index is 588. The van der Waals surface area contributed by atoms with Gasteiger partial charge in [-0.1, -0.05) is 12.1 Å². The van der Waals surface area contributed by atoms with E-state index in [4.69, 9.17) is 4.74 Å². The second-order valence-electron chi connectivity index (χ2n) is 4.22. The van der Waals surface area contributed by atoms with E-state index >= 15 is 0 Å². The van der Waals surface area contributed by atoms with E-state index in [-0.39, 0.29) is 5.75 Å².